The van der Waals surface area contributed by atoms with Crippen molar-refractivity contribution in [3.63, 3.8) is 0 Å². The van der Waals surface area contributed by atoms with Gasteiger partial charge in [0.1, 0.15) is 0 Å². The van der Waals surface area contributed by atoms with Gasteiger partial charge in [0, 0.05) is 0 Å². The molecule has 0 unspecified atom stereocenters. The molecule has 17 heavy (non-hydrogen) atoms. The molecule has 0 fully saturated rings. The lowest BCUT2D eigenvalue weighted by Gasteiger charge is -1.97. The standard InChI is InChI=1S/C13H14N4/c14-11-16-13(15)17-12-9-7-5-3-1-2-4-6-8-10-12/h1-7,9-10H,8H2,(H3,15,16,17)/b2-1-,5-3-,6-4-,9-7-,12-10+. The molecule has 4 heteroatoms. The van der Waals surface area contributed by atoms with Crippen LogP contribution in [0.1, 0.15) is 6.42 Å². The van der Waals surface area contributed by atoms with Gasteiger partial charge >= 0.3 is 0 Å². The van der Waals surface area contributed by atoms with E-state index in [2.05, 4.69) is 10.3 Å². The van der Waals surface area contributed by atoms with Crippen LogP contribution in [0.2, 0.25) is 0 Å². The van der Waals surface area contributed by atoms with Gasteiger partial charge in [0.25, 0.3) is 0 Å². The van der Waals surface area contributed by atoms with E-state index in [4.69, 9.17) is 11.0 Å². The fourth-order valence-electron chi connectivity index (χ4n) is 1.13. The van der Waals surface area contributed by atoms with Gasteiger partial charge in [-0.05, 0) is 12.5 Å². The van der Waals surface area contributed by atoms with Gasteiger partial charge in [-0.15, -0.1) is 0 Å². The number of hydrogen-bond donors (Lipinski definition) is 2. The predicted octanol–water partition coefficient (Wildman–Crippen LogP) is 1.88. The van der Waals surface area contributed by atoms with Crippen LogP contribution in [0.4, 0.5) is 0 Å². The van der Waals surface area contributed by atoms with Crippen molar-refractivity contribution in [3.8, 4) is 6.19 Å². The van der Waals surface area contributed by atoms with E-state index in [1.165, 1.54) is 0 Å². The second-order valence-corrected chi connectivity index (χ2v) is 3.16. The van der Waals surface area contributed by atoms with Crippen molar-refractivity contribution < 1.29 is 0 Å². The van der Waals surface area contributed by atoms with Crippen LogP contribution in [0, 0.1) is 11.5 Å². The Balaban J connectivity index is 2.85. The van der Waals surface area contributed by atoms with Crippen LogP contribution in [0.3, 0.4) is 0 Å². The quantitative estimate of drug-likeness (QED) is 0.310. The summed E-state index contributed by atoms with van der Waals surface area (Å²) in [6, 6.07) is 0. The first-order valence-corrected chi connectivity index (χ1v) is 5.19. The lowest BCUT2D eigenvalue weighted by atomic mass is 10.3. The molecular formula is C13H14N4. The van der Waals surface area contributed by atoms with Crippen molar-refractivity contribution in [2.75, 3.05) is 0 Å². The van der Waals surface area contributed by atoms with E-state index in [0.29, 0.717) is 5.70 Å². The maximum Gasteiger partial charge on any atom is 0.207 e. The predicted molar refractivity (Wildman–Crippen MR) is 69.6 cm³/mol. The Bertz CT molecular complexity index is 456. The molecule has 4 nitrogen and oxygen atoms in total. The van der Waals surface area contributed by atoms with Gasteiger partial charge in [-0.1, -0.05) is 48.6 Å². The van der Waals surface area contributed by atoms with Crippen LogP contribution in [0.25, 0.3) is 0 Å². The van der Waals surface area contributed by atoms with E-state index in [0.717, 1.165) is 6.42 Å². The zero-order valence-corrected chi connectivity index (χ0v) is 9.38. The third kappa shape index (κ3) is 5.80. The van der Waals surface area contributed by atoms with E-state index in [-0.39, 0.29) is 5.96 Å². The van der Waals surface area contributed by atoms with Crippen molar-refractivity contribution in [1.82, 2.24) is 5.32 Å². The van der Waals surface area contributed by atoms with E-state index in [9.17, 15) is 0 Å². The molecule has 0 aromatic rings. The number of nitrogens with two attached hydrogens (primary N) is 1. The zero-order chi connectivity index (χ0) is 12.3. The molecule has 0 bridgehead atoms. The Labute approximate surface area is 101 Å². The molecule has 86 valence electrons. The highest BCUT2D eigenvalue weighted by Crippen LogP contribution is 2.03. The number of guanidine groups is 1. The Morgan fingerprint density at radius 2 is 1.94 bits per heavy atom. The molecule has 0 heterocycles. The molecule has 3 N–H and O–H groups in total. The summed E-state index contributed by atoms with van der Waals surface area (Å²) in [6.07, 6.45) is 19.8. The fourth-order valence-corrected chi connectivity index (χ4v) is 1.13. The van der Waals surface area contributed by atoms with E-state index in [1.54, 1.807) is 6.19 Å². The van der Waals surface area contributed by atoms with Crippen LogP contribution < -0.4 is 11.1 Å². The summed E-state index contributed by atoms with van der Waals surface area (Å²) in [7, 11) is 0. The number of rotatable bonds is 1. The van der Waals surface area contributed by atoms with Gasteiger partial charge in [-0.3, -0.25) is 5.32 Å². The molecule has 0 saturated carbocycles. The molecule has 0 aromatic heterocycles. The molecule has 1 aliphatic rings. The molecule has 0 spiro atoms. The number of hydrogen-bond acceptors (Lipinski definition) is 2. The van der Waals surface area contributed by atoms with Gasteiger partial charge in [-0.2, -0.15) is 5.26 Å². The SMILES string of the molecule is N#CNC(N)=NC1=C/C\C=C/C=C\C=C/C=C\1. The third-order valence-corrected chi connectivity index (χ3v) is 1.86. The summed E-state index contributed by atoms with van der Waals surface area (Å²) in [5.74, 6) is 0.0874. The number of nitrogens with zero attached hydrogens (tertiary/aromatic N) is 2. The molecule has 0 aliphatic heterocycles. The number of aliphatic imine (C=N–C) groups is 1. The Morgan fingerprint density at radius 3 is 2.71 bits per heavy atom. The monoisotopic (exact) mass is 226 g/mol. The van der Waals surface area contributed by atoms with Gasteiger partial charge in [0.15, 0.2) is 6.19 Å². The van der Waals surface area contributed by atoms with Crippen molar-refractivity contribution >= 4 is 5.96 Å². The molecule has 0 aromatic carbocycles. The normalized spacial score (nSPS) is 26.5. The summed E-state index contributed by atoms with van der Waals surface area (Å²) in [6.45, 7) is 0. The van der Waals surface area contributed by atoms with Gasteiger partial charge < -0.3 is 5.73 Å². The molecule has 1 rings (SSSR count). The maximum absolute atomic E-state index is 8.40. The summed E-state index contributed by atoms with van der Waals surface area (Å²) < 4.78 is 0. The van der Waals surface area contributed by atoms with Crippen LogP contribution in [0.5, 0.6) is 0 Å². The lowest BCUT2D eigenvalue weighted by molar-refractivity contribution is 1.18. The number of nitriles is 1. The highest BCUT2D eigenvalue weighted by Gasteiger charge is 1.91. The van der Waals surface area contributed by atoms with Crippen molar-refractivity contribution in [3.05, 3.63) is 60.4 Å². The average molecular weight is 226 g/mol. The van der Waals surface area contributed by atoms with Crippen LogP contribution >= 0.6 is 0 Å². The minimum absolute atomic E-state index is 0.0874. The third-order valence-electron chi connectivity index (χ3n) is 1.86. The second kappa shape index (κ2) is 7.71. The average Bonchev–Trinajstić information content (AvgIpc) is 2.35. The van der Waals surface area contributed by atoms with Crippen LogP contribution in [0.15, 0.2) is 65.4 Å². The summed E-state index contributed by atoms with van der Waals surface area (Å²) >= 11 is 0. The van der Waals surface area contributed by atoms with Crippen molar-refractivity contribution in [2.45, 2.75) is 6.42 Å². The molecule has 0 atom stereocenters. The van der Waals surface area contributed by atoms with Crippen molar-refractivity contribution in [2.24, 2.45) is 10.7 Å². The summed E-state index contributed by atoms with van der Waals surface area (Å²) in [4.78, 5) is 4.08. The van der Waals surface area contributed by atoms with Gasteiger partial charge in [0.2, 0.25) is 5.96 Å². The second-order valence-electron chi connectivity index (χ2n) is 3.16. The first-order valence-electron chi connectivity index (χ1n) is 5.19. The van der Waals surface area contributed by atoms with Gasteiger partial charge in [0.05, 0.1) is 5.70 Å². The molecule has 0 radical (unpaired) electrons. The summed E-state index contributed by atoms with van der Waals surface area (Å²) in [5.41, 5.74) is 6.21. The summed E-state index contributed by atoms with van der Waals surface area (Å²) in [5, 5.41) is 10.7. The van der Waals surface area contributed by atoms with Crippen LogP contribution in [-0.2, 0) is 0 Å². The largest absolute Gasteiger partial charge is 0.369 e. The number of nitrogens with one attached hydrogen (secondary N) is 1. The highest BCUT2D eigenvalue weighted by molar-refractivity contribution is 5.80. The van der Waals surface area contributed by atoms with Crippen molar-refractivity contribution in [1.29, 1.82) is 5.26 Å². The minimum Gasteiger partial charge on any atom is -0.369 e. The van der Waals surface area contributed by atoms with E-state index in [1.807, 2.05) is 54.7 Å². The van der Waals surface area contributed by atoms with E-state index < -0.39 is 0 Å². The number of allylic oxidation sites excluding steroid dienone is 9. The molecule has 0 saturated heterocycles. The molecule has 0 amide bonds. The Morgan fingerprint density at radius 1 is 1.24 bits per heavy atom. The fraction of sp³-hybridized carbons (Fsp3) is 0.0769. The Hall–Kier alpha value is -2.54. The Kier molecular flexibility index (Phi) is 5.68. The molecule has 1 aliphatic carbocycles. The zero-order valence-electron chi connectivity index (χ0n) is 9.38. The topological polar surface area (TPSA) is 74.2 Å². The van der Waals surface area contributed by atoms with E-state index >= 15 is 0 Å². The van der Waals surface area contributed by atoms with Gasteiger partial charge in [-0.25, -0.2) is 4.99 Å². The lowest BCUT2D eigenvalue weighted by Crippen LogP contribution is -2.27. The smallest absolute Gasteiger partial charge is 0.207 e. The highest BCUT2D eigenvalue weighted by atomic mass is 15.1. The van der Waals surface area contributed by atoms with Crippen LogP contribution in [-0.4, -0.2) is 5.96 Å². The molecular weight excluding hydrogens is 212 g/mol. The first-order chi connectivity index (χ1) is 8.33. The maximum atomic E-state index is 8.40. The minimum atomic E-state index is 0.0874. The first kappa shape index (κ1) is 12.5.